The zero-order valence-electron chi connectivity index (χ0n) is 13.4. The van der Waals surface area contributed by atoms with Crippen molar-refractivity contribution >= 4 is 27.5 Å². The number of thiophene rings is 1. The highest BCUT2D eigenvalue weighted by molar-refractivity contribution is 7.20. The molecule has 3 rings (SSSR count). The number of fused-ring (bicyclic) bond motifs is 1. The van der Waals surface area contributed by atoms with Crippen LogP contribution in [-0.4, -0.2) is 28.8 Å². The van der Waals surface area contributed by atoms with Crippen LogP contribution in [0.25, 0.3) is 15.9 Å². The van der Waals surface area contributed by atoms with Crippen molar-refractivity contribution in [2.24, 2.45) is 0 Å². The van der Waals surface area contributed by atoms with Gasteiger partial charge >= 0.3 is 6.18 Å². The number of hydrogen-bond donors (Lipinski definition) is 2. The molecule has 0 aliphatic carbocycles. The van der Waals surface area contributed by atoms with E-state index in [0.29, 0.717) is 18.8 Å². The molecule has 2 heterocycles. The molecule has 0 fully saturated rings. The van der Waals surface area contributed by atoms with E-state index < -0.39 is 17.8 Å². The Balaban J connectivity index is 2.15. The Morgan fingerprint density at radius 1 is 1.32 bits per heavy atom. The number of nitrogens with zero attached hydrogens (tertiary/aromatic N) is 2. The van der Waals surface area contributed by atoms with E-state index in [0.717, 1.165) is 16.9 Å². The number of amides is 1. The van der Waals surface area contributed by atoms with Crippen LogP contribution in [0.1, 0.15) is 20.9 Å². The minimum absolute atomic E-state index is 0.0714. The second-order valence-corrected chi connectivity index (χ2v) is 6.56. The Bertz CT molecular complexity index is 912. The maximum absolute atomic E-state index is 13.3. The molecule has 9 heteroatoms. The molecule has 0 atom stereocenters. The van der Waals surface area contributed by atoms with Crippen molar-refractivity contribution in [1.82, 2.24) is 15.1 Å². The summed E-state index contributed by atoms with van der Waals surface area (Å²) >= 11 is 0.986. The van der Waals surface area contributed by atoms with Crippen LogP contribution in [0.2, 0.25) is 0 Å². The first-order valence-electron chi connectivity index (χ1n) is 7.55. The Labute approximate surface area is 145 Å². The van der Waals surface area contributed by atoms with Crippen molar-refractivity contribution in [3.63, 3.8) is 0 Å². The third kappa shape index (κ3) is 3.38. The summed E-state index contributed by atoms with van der Waals surface area (Å²) in [7, 11) is 0. The molecule has 132 valence electrons. The Morgan fingerprint density at radius 2 is 2.00 bits per heavy atom. The summed E-state index contributed by atoms with van der Waals surface area (Å²) in [6, 6.07) is 8.24. The van der Waals surface area contributed by atoms with Gasteiger partial charge in [0.15, 0.2) is 5.69 Å². The fourth-order valence-corrected chi connectivity index (χ4v) is 3.43. The van der Waals surface area contributed by atoms with E-state index in [1.54, 1.807) is 24.3 Å². The second kappa shape index (κ2) is 6.49. The first-order chi connectivity index (χ1) is 11.8. The van der Waals surface area contributed by atoms with Crippen molar-refractivity contribution < 1.29 is 23.7 Å². The molecule has 2 aromatic heterocycles. The minimum Gasteiger partial charge on any atom is -0.356 e. The van der Waals surface area contributed by atoms with Crippen LogP contribution < -0.4 is 11.1 Å². The molecule has 1 amide bonds. The molecule has 0 radical (unpaired) electrons. The summed E-state index contributed by atoms with van der Waals surface area (Å²) in [4.78, 5) is 12.6. The zero-order valence-corrected chi connectivity index (χ0v) is 14.2. The van der Waals surface area contributed by atoms with Gasteiger partial charge in [0.25, 0.3) is 5.91 Å². The van der Waals surface area contributed by atoms with Crippen LogP contribution in [-0.2, 0) is 6.18 Å². The van der Waals surface area contributed by atoms with Gasteiger partial charge in [-0.25, -0.2) is 4.68 Å². The Morgan fingerprint density at radius 3 is 2.60 bits per heavy atom. The number of benzene rings is 1. The Hall–Kier alpha value is -2.39. The fraction of sp³-hybridized carbons (Fsp3) is 0.250. The van der Waals surface area contributed by atoms with E-state index in [1.807, 2.05) is 6.92 Å². The van der Waals surface area contributed by atoms with Gasteiger partial charge in [-0.05, 0) is 25.1 Å². The molecule has 0 unspecified atom stereocenters. The van der Waals surface area contributed by atoms with Gasteiger partial charge in [0, 0.05) is 5.39 Å². The van der Waals surface area contributed by atoms with Crippen molar-refractivity contribution in [3.8, 4) is 5.69 Å². The van der Waals surface area contributed by atoms with Crippen LogP contribution in [0.4, 0.5) is 13.2 Å². The number of rotatable bonds is 4. The van der Waals surface area contributed by atoms with Crippen LogP contribution >= 0.6 is 11.3 Å². The van der Waals surface area contributed by atoms with E-state index >= 15 is 0 Å². The molecule has 1 aromatic carbocycles. The molecule has 0 saturated heterocycles. The molecule has 0 bridgehead atoms. The smallest absolute Gasteiger partial charge is 0.356 e. The standard InChI is InChI=1S/C16H15F3N4OS/c1-9-2-4-10(5-3-9)23-15-11(13(22-23)16(17,18)19)8-12(25-15)14(24)21-7-6-20/h2-5,8H,6-7,20H2,1H3,(H,21,24)/p+1. The molecule has 25 heavy (non-hydrogen) atoms. The van der Waals surface area contributed by atoms with Crippen molar-refractivity contribution in [3.05, 3.63) is 46.5 Å². The minimum atomic E-state index is -4.60. The number of carbonyl (C=O) groups is 1. The summed E-state index contributed by atoms with van der Waals surface area (Å²) in [6.07, 6.45) is -4.60. The highest BCUT2D eigenvalue weighted by Crippen LogP contribution is 2.38. The highest BCUT2D eigenvalue weighted by Gasteiger charge is 2.38. The lowest BCUT2D eigenvalue weighted by atomic mass is 10.2. The summed E-state index contributed by atoms with van der Waals surface area (Å²) in [5, 5.41) is 6.29. The number of aryl methyl sites for hydroxylation is 1. The summed E-state index contributed by atoms with van der Waals surface area (Å²) < 4.78 is 41.3. The molecule has 4 N–H and O–H groups in total. The molecule has 0 spiro atoms. The van der Waals surface area contributed by atoms with Crippen LogP contribution in [0.5, 0.6) is 0 Å². The van der Waals surface area contributed by atoms with Gasteiger partial charge in [0.2, 0.25) is 0 Å². The first-order valence-corrected chi connectivity index (χ1v) is 8.37. The van der Waals surface area contributed by atoms with Gasteiger partial charge in [-0.1, -0.05) is 17.7 Å². The van der Waals surface area contributed by atoms with Crippen LogP contribution in [0.3, 0.4) is 0 Å². The molecule has 0 aliphatic heterocycles. The average molecular weight is 369 g/mol. The quantitative estimate of drug-likeness (QED) is 0.741. The molecule has 3 aromatic rings. The third-order valence-corrected chi connectivity index (χ3v) is 4.70. The number of aromatic nitrogens is 2. The molecule has 0 aliphatic rings. The van der Waals surface area contributed by atoms with E-state index in [1.165, 1.54) is 10.7 Å². The number of hydrogen-bond acceptors (Lipinski definition) is 3. The van der Waals surface area contributed by atoms with Gasteiger partial charge < -0.3 is 11.1 Å². The van der Waals surface area contributed by atoms with E-state index in [4.69, 9.17) is 0 Å². The average Bonchev–Trinajstić information content (AvgIpc) is 3.12. The maximum Gasteiger partial charge on any atom is 0.435 e. The van der Waals surface area contributed by atoms with Crippen molar-refractivity contribution in [2.45, 2.75) is 13.1 Å². The summed E-state index contributed by atoms with van der Waals surface area (Å²) in [5.74, 6) is -0.409. The largest absolute Gasteiger partial charge is 0.435 e. The zero-order chi connectivity index (χ0) is 18.2. The van der Waals surface area contributed by atoms with E-state index in [-0.39, 0.29) is 15.1 Å². The topological polar surface area (TPSA) is 74.6 Å². The first kappa shape index (κ1) is 17.4. The van der Waals surface area contributed by atoms with Gasteiger partial charge in [-0.15, -0.1) is 11.3 Å². The number of carbonyl (C=O) groups excluding carboxylic acids is 1. The molecule has 0 saturated carbocycles. The van der Waals surface area contributed by atoms with E-state index in [2.05, 4.69) is 16.1 Å². The van der Waals surface area contributed by atoms with Crippen molar-refractivity contribution in [1.29, 1.82) is 0 Å². The monoisotopic (exact) mass is 369 g/mol. The molecular formula is C16H16F3N4OS+. The third-order valence-electron chi connectivity index (χ3n) is 3.59. The lowest BCUT2D eigenvalue weighted by Crippen LogP contribution is -2.54. The predicted molar refractivity (Wildman–Crippen MR) is 88.8 cm³/mol. The second-order valence-electron chi connectivity index (χ2n) is 5.53. The highest BCUT2D eigenvalue weighted by atomic mass is 32.1. The van der Waals surface area contributed by atoms with Crippen LogP contribution in [0, 0.1) is 6.92 Å². The van der Waals surface area contributed by atoms with E-state index in [9.17, 15) is 18.0 Å². The van der Waals surface area contributed by atoms with Crippen LogP contribution in [0.15, 0.2) is 30.3 Å². The summed E-state index contributed by atoms with van der Waals surface area (Å²) in [5.41, 5.74) is 4.13. The van der Waals surface area contributed by atoms with Gasteiger partial charge in [-0.3, -0.25) is 4.79 Å². The van der Waals surface area contributed by atoms with Gasteiger partial charge in [0.05, 0.1) is 23.7 Å². The number of nitrogens with one attached hydrogen (secondary N) is 1. The predicted octanol–water partition coefficient (Wildman–Crippen LogP) is 2.39. The lowest BCUT2D eigenvalue weighted by molar-refractivity contribution is -0.364. The lowest BCUT2D eigenvalue weighted by Gasteiger charge is -2.04. The van der Waals surface area contributed by atoms with Gasteiger partial charge in [0.1, 0.15) is 4.83 Å². The maximum atomic E-state index is 13.3. The van der Waals surface area contributed by atoms with Crippen molar-refractivity contribution in [2.75, 3.05) is 13.1 Å². The Kier molecular flexibility index (Phi) is 4.53. The molecular weight excluding hydrogens is 353 g/mol. The number of alkyl halides is 3. The normalized spacial score (nSPS) is 11.9. The summed E-state index contributed by atoms with van der Waals surface area (Å²) in [6.45, 7) is 2.75. The molecule has 5 nitrogen and oxygen atoms in total. The SMILES string of the molecule is Cc1ccc(-n2nc(C(F)(F)F)c3cc(C(=O)NCC[NH3+])sc32)cc1. The van der Waals surface area contributed by atoms with Gasteiger partial charge in [-0.2, -0.15) is 18.3 Å². The number of quaternary nitrogens is 1. The number of halogens is 3. The fourth-order valence-electron chi connectivity index (χ4n) is 2.38.